The van der Waals surface area contributed by atoms with E-state index in [1.54, 1.807) is 0 Å². The fourth-order valence-electron chi connectivity index (χ4n) is 3.18. The Morgan fingerprint density at radius 3 is 2.50 bits per heavy atom. The molecule has 1 atom stereocenters. The van der Waals surface area contributed by atoms with Crippen LogP contribution in [-0.2, 0) is 14.3 Å². The van der Waals surface area contributed by atoms with Gasteiger partial charge in [0.05, 0.1) is 6.61 Å². The van der Waals surface area contributed by atoms with Crippen LogP contribution in [0, 0.1) is 0 Å². The van der Waals surface area contributed by atoms with E-state index in [0.717, 1.165) is 70.7 Å². The van der Waals surface area contributed by atoms with Gasteiger partial charge in [-0.2, -0.15) is 0 Å². The topological polar surface area (TPSA) is 83.0 Å². The van der Waals surface area contributed by atoms with Gasteiger partial charge < -0.3 is 20.3 Å². The molecule has 8 heteroatoms. The van der Waals surface area contributed by atoms with Crippen molar-refractivity contribution in [3.63, 3.8) is 0 Å². The van der Waals surface area contributed by atoms with Crippen molar-refractivity contribution in [3.05, 3.63) is 0 Å². The summed E-state index contributed by atoms with van der Waals surface area (Å²) in [5.74, 6) is 0.981. The van der Waals surface area contributed by atoms with Gasteiger partial charge in [-0.1, -0.05) is 26.2 Å². The number of aliphatic imine (C=N–C) groups is 1. The number of rotatable bonds is 12. The highest BCUT2D eigenvalue weighted by molar-refractivity contribution is 14.0. The van der Waals surface area contributed by atoms with Crippen LogP contribution in [0.4, 0.5) is 0 Å². The van der Waals surface area contributed by atoms with E-state index in [4.69, 9.17) is 4.74 Å². The van der Waals surface area contributed by atoms with Gasteiger partial charge in [0.15, 0.2) is 5.96 Å². The van der Waals surface area contributed by atoms with Crippen molar-refractivity contribution >= 4 is 41.8 Å². The molecule has 0 aromatic carbocycles. The standard InChI is InChI=1S/C20H38N4O3.HI/c1-4-18(25)24-15-13-17(16-24)23-20(21-5-2)22-14-11-9-7-8-10-12-19(26)27-6-3;/h17H,4-16H2,1-3H3,(H2,21,22,23);1H. The first-order valence-corrected chi connectivity index (χ1v) is 10.6. The molecule has 0 aliphatic carbocycles. The number of ether oxygens (including phenoxy) is 1. The summed E-state index contributed by atoms with van der Waals surface area (Å²) in [7, 11) is 0. The molecule has 1 heterocycles. The third kappa shape index (κ3) is 11.7. The summed E-state index contributed by atoms with van der Waals surface area (Å²) in [6.07, 6.45) is 7.31. The van der Waals surface area contributed by atoms with E-state index < -0.39 is 0 Å². The Kier molecular flexibility index (Phi) is 16.2. The molecule has 1 saturated heterocycles. The van der Waals surface area contributed by atoms with Crippen molar-refractivity contribution in [2.45, 2.75) is 78.2 Å². The molecule has 1 amide bonds. The number of carbonyl (C=O) groups is 2. The zero-order valence-corrected chi connectivity index (χ0v) is 20.1. The lowest BCUT2D eigenvalue weighted by Gasteiger charge is -2.18. The van der Waals surface area contributed by atoms with Crippen molar-refractivity contribution in [2.24, 2.45) is 4.99 Å². The molecule has 0 spiro atoms. The summed E-state index contributed by atoms with van der Waals surface area (Å²) in [5, 5.41) is 6.74. The monoisotopic (exact) mass is 510 g/mol. The molecule has 2 N–H and O–H groups in total. The third-order valence-electron chi connectivity index (χ3n) is 4.64. The molecular formula is C20H39IN4O3. The highest BCUT2D eigenvalue weighted by Gasteiger charge is 2.25. The van der Waals surface area contributed by atoms with Gasteiger partial charge in [0, 0.05) is 45.1 Å². The molecule has 0 bridgehead atoms. The minimum Gasteiger partial charge on any atom is -0.466 e. The van der Waals surface area contributed by atoms with Gasteiger partial charge in [0.25, 0.3) is 0 Å². The number of carbonyl (C=O) groups excluding carboxylic acids is 2. The Labute approximate surface area is 187 Å². The van der Waals surface area contributed by atoms with Crippen molar-refractivity contribution in [1.29, 1.82) is 0 Å². The highest BCUT2D eigenvalue weighted by atomic mass is 127. The van der Waals surface area contributed by atoms with Crippen LogP contribution in [-0.4, -0.2) is 61.6 Å². The summed E-state index contributed by atoms with van der Waals surface area (Å²) in [4.78, 5) is 29.6. The number of hydrogen-bond acceptors (Lipinski definition) is 4. The smallest absolute Gasteiger partial charge is 0.305 e. The number of nitrogens with one attached hydrogen (secondary N) is 2. The molecule has 0 saturated carbocycles. The molecule has 1 unspecified atom stereocenters. The summed E-state index contributed by atoms with van der Waals surface area (Å²) in [6.45, 7) is 9.47. The Bertz CT molecular complexity index is 474. The molecule has 1 rings (SSSR count). The predicted molar refractivity (Wildman–Crippen MR) is 124 cm³/mol. The lowest BCUT2D eigenvalue weighted by atomic mass is 10.1. The Morgan fingerprint density at radius 2 is 1.82 bits per heavy atom. The van der Waals surface area contributed by atoms with Gasteiger partial charge in [-0.05, 0) is 33.1 Å². The Balaban J connectivity index is 0.00000729. The Hall–Kier alpha value is -1.06. The lowest BCUT2D eigenvalue weighted by molar-refractivity contribution is -0.143. The summed E-state index contributed by atoms with van der Waals surface area (Å²) < 4.78 is 4.92. The second-order valence-electron chi connectivity index (χ2n) is 6.91. The van der Waals surface area contributed by atoms with Crippen LogP contribution in [0.3, 0.4) is 0 Å². The number of amides is 1. The third-order valence-corrected chi connectivity index (χ3v) is 4.64. The van der Waals surface area contributed by atoms with Gasteiger partial charge >= 0.3 is 5.97 Å². The molecular weight excluding hydrogens is 471 g/mol. The zero-order chi connectivity index (χ0) is 19.9. The molecule has 0 aromatic rings. The van der Waals surface area contributed by atoms with Gasteiger partial charge in [-0.25, -0.2) is 0 Å². The van der Waals surface area contributed by atoms with Crippen LogP contribution in [0.25, 0.3) is 0 Å². The summed E-state index contributed by atoms with van der Waals surface area (Å²) in [5.41, 5.74) is 0. The predicted octanol–water partition coefficient (Wildman–Crippen LogP) is 3.07. The van der Waals surface area contributed by atoms with Crippen LogP contribution in [0.2, 0.25) is 0 Å². The minimum atomic E-state index is -0.0884. The molecule has 1 aliphatic rings. The fourth-order valence-corrected chi connectivity index (χ4v) is 3.18. The van der Waals surface area contributed by atoms with E-state index in [9.17, 15) is 9.59 Å². The second-order valence-corrected chi connectivity index (χ2v) is 6.91. The molecule has 164 valence electrons. The number of unbranched alkanes of at least 4 members (excludes halogenated alkanes) is 4. The minimum absolute atomic E-state index is 0. The Morgan fingerprint density at radius 1 is 1.11 bits per heavy atom. The SMILES string of the molecule is CCNC(=NCCCCCCCC(=O)OCC)NC1CCN(C(=O)CC)C1.I. The number of esters is 1. The highest BCUT2D eigenvalue weighted by Crippen LogP contribution is 2.10. The van der Waals surface area contributed by atoms with Gasteiger partial charge in [0.2, 0.25) is 5.91 Å². The lowest BCUT2D eigenvalue weighted by Crippen LogP contribution is -2.45. The van der Waals surface area contributed by atoms with Crippen molar-refractivity contribution in [2.75, 3.05) is 32.8 Å². The molecule has 0 radical (unpaired) electrons. The summed E-state index contributed by atoms with van der Waals surface area (Å²) in [6, 6.07) is 0.279. The number of halogens is 1. The molecule has 1 aliphatic heterocycles. The normalized spacial score (nSPS) is 16.5. The number of likely N-dealkylation sites (tertiary alicyclic amines) is 1. The van der Waals surface area contributed by atoms with Crippen LogP contribution in [0.15, 0.2) is 4.99 Å². The quantitative estimate of drug-likeness (QED) is 0.139. The van der Waals surface area contributed by atoms with E-state index in [-0.39, 0.29) is 41.9 Å². The average molecular weight is 510 g/mol. The summed E-state index contributed by atoms with van der Waals surface area (Å²) >= 11 is 0. The zero-order valence-electron chi connectivity index (χ0n) is 17.8. The maximum atomic E-state index is 11.8. The number of guanidine groups is 1. The van der Waals surface area contributed by atoms with E-state index in [2.05, 4.69) is 22.5 Å². The maximum Gasteiger partial charge on any atom is 0.305 e. The maximum absolute atomic E-state index is 11.8. The molecule has 28 heavy (non-hydrogen) atoms. The first-order chi connectivity index (χ1) is 13.1. The van der Waals surface area contributed by atoms with Gasteiger partial charge in [0.1, 0.15) is 0 Å². The van der Waals surface area contributed by atoms with E-state index in [1.165, 1.54) is 0 Å². The van der Waals surface area contributed by atoms with E-state index >= 15 is 0 Å². The van der Waals surface area contributed by atoms with E-state index in [0.29, 0.717) is 19.4 Å². The fraction of sp³-hybridized carbons (Fsp3) is 0.850. The van der Waals surface area contributed by atoms with Crippen LogP contribution in [0.1, 0.15) is 72.1 Å². The average Bonchev–Trinajstić information content (AvgIpc) is 3.12. The number of hydrogen-bond donors (Lipinski definition) is 2. The van der Waals surface area contributed by atoms with Crippen molar-refractivity contribution in [3.8, 4) is 0 Å². The molecule has 7 nitrogen and oxygen atoms in total. The molecule has 1 fully saturated rings. The van der Waals surface area contributed by atoms with Crippen molar-refractivity contribution < 1.29 is 14.3 Å². The number of nitrogens with zero attached hydrogens (tertiary/aromatic N) is 2. The second kappa shape index (κ2) is 16.9. The van der Waals surface area contributed by atoms with Crippen molar-refractivity contribution in [1.82, 2.24) is 15.5 Å². The van der Waals surface area contributed by atoms with Crippen LogP contribution in [0.5, 0.6) is 0 Å². The molecule has 0 aromatic heterocycles. The largest absolute Gasteiger partial charge is 0.466 e. The first kappa shape index (κ1) is 26.9. The van der Waals surface area contributed by atoms with Gasteiger partial charge in [-0.3, -0.25) is 14.6 Å². The van der Waals surface area contributed by atoms with E-state index in [1.807, 2.05) is 18.7 Å². The van der Waals surface area contributed by atoms with Crippen LogP contribution < -0.4 is 10.6 Å². The van der Waals surface area contributed by atoms with Crippen LogP contribution >= 0.6 is 24.0 Å². The first-order valence-electron chi connectivity index (χ1n) is 10.6. The van der Waals surface area contributed by atoms with Gasteiger partial charge in [-0.15, -0.1) is 24.0 Å².